The molecule has 176 valence electrons. The number of nitrogens with one attached hydrogen (secondary N) is 2. The first kappa shape index (κ1) is 22.4. The van der Waals surface area contributed by atoms with Gasteiger partial charge in [0, 0.05) is 18.2 Å². The maximum absolute atomic E-state index is 13.2. The van der Waals surface area contributed by atoms with Gasteiger partial charge in [0.2, 0.25) is 5.91 Å². The maximum atomic E-state index is 13.2. The fraction of sp³-hybridized carbons (Fsp3) is 0.357. The van der Waals surface area contributed by atoms with Crippen LogP contribution in [0.3, 0.4) is 0 Å². The molecule has 1 heterocycles. The Kier molecular flexibility index (Phi) is 6.50. The van der Waals surface area contributed by atoms with Crippen LogP contribution >= 0.6 is 0 Å². The molecule has 2 saturated carbocycles. The lowest BCUT2D eigenvalue weighted by Gasteiger charge is -2.43. The third kappa shape index (κ3) is 5.39. The molecular formula is C28H31N3O3. The van der Waals surface area contributed by atoms with E-state index in [0.29, 0.717) is 24.7 Å². The van der Waals surface area contributed by atoms with Gasteiger partial charge in [-0.25, -0.2) is 0 Å². The fourth-order valence-electron chi connectivity index (χ4n) is 4.59. The van der Waals surface area contributed by atoms with Gasteiger partial charge >= 0.3 is 0 Å². The summed E-state index contributed by atoms with van der Waals surface area (Å²) in [7, 11) is 0. The van der Waals surface area contributed by atoms with Gasteiger partial charge in [0.1, 0.15) is 5.76 Å². The van der Waals surface area contributed by atoms with Crippen LogP contribution in [0.5, 0.6) is 0 Å². The van der Waals surface area contributed by atoms with Crippen LogP contribution < -0.4 is 10.6 Å². The summed E-state index contributed by atoms with van der Waals surface area (Å²) in [6.07, 6.45) is 6.83. The second-order valence-corrected chi connectivity index (χ2v) is 9.52. The van der Waals surface area contributed by atoms with Crippen molar-refractivity contribution in [1.29, 1.82) is 0 Å². The minimum atomic E-state index is -0.259. The molecule has 6 heteroatoms. The molecule has 2 aromatic carbocycles. The summed E-state index contributed by atoms with van der Waals surface area (Å²) in [5, 5.41) is 6.34. The first-order valence-corrected chi connectivity index (χ1v) is 12.1. The highest BCUT2D eigenvalue weighted by Crippen LogP contribution is 2.41. The van der Waals surface area contributed by atoms with Crippen LogP contribution in [0.4, 0.5) is 0 Å². The number of amides is 2. The highest BCUT2D eigenvalue weighted by molar-refractivity contribution is 5.94. The minimum Gasteiger partial charge on any atom is -0.468 e. The maximum Gasteiger partial charge on any atom is 0.251 e. The predicted octanol–water partition coefficient (Wildman–Crippen LogP) is 4.37. The number of benzene rings is 2. The number of hydrogen-bond donors (Lipinski definition) is 2. The fourth-order valence-corrected chi connectivity index (χ4v) is 4.59. The molecule has 0 radical (unpaired) electrons. The molecule has 6 nitrogen and oxygen atoms in total. The Balaban J connectivity index is 1.25. The molecule has 34 heavy (non-hydrogen) atoms. The molecule has 2 N–H and O–H groups in total. The predicted molar refractivity (Wildman–Crippen MR) is 130 cm³/mol. The first-order chi connectivity index (χ1) is 16.6. The lowest BCUT2D eigenvalue weighted by atomic mass is 9.72. The molecule has 0 atom stereocenters. The molecule has 1 aromatic heterocycles. The average Bonchev–Trinajstić information content (AvgIpc) is 3.49. The topological polar surface area (TPSA) is 74.6 Å². The average molecular weight is 458 g/mol. The van der Waals surface area contributed by atoms with Crippen LogP contribution in [0.1, 0.15) is 59.3 Å². The zero-order valence-corrected chi connectivity index (χ0v) is 19.3. The van der Waals surface area contributed by atoms with Crippen molar-refractivity contribution in [3.63, 3.8) is 0 Å². The molecule has 3 aromatic rings. The normalized spacial score (nSPS) is 16.6. The molecule has 2 fully saturated rings. The molecule has 2 aliphatic carbocycles. The van der Waals surface area contributed by atoms with Gasteiger partial charge in [-0.05, 0) is 67.5 Å². The van der Waals surface area contributed by atoms with E-state index in [0.717, 1.165) is 43.4 Å². The van der Waals surface area contributed by atoms with Gasteiger partial charge < -0.3 is 15.1 Å². The lowest BCUT2D eigenvalue weighted by Crippen LogP contribution is -2.53. The van der Waals surface area contributed by atoms with E-state index in [-0.39, 0.29) is 23.9 Å². The summed E-state index contributed by atoms with van der Waals surface area (Å²) in [5.41, 5.74) is 2.63. The number of nitrogens with zero attached hydrogens (tertiary/aromatic N) is 1. The molecule has 2 amide bonds. The van der Waals surface area contributed by atoms with E-state index in [1.165, 1.54) is 5.56 Å². The largest absolute Gasteiger partial charge is 0.468 e. The van der Waals surface area contributed by atoms with E-state index >= 15 is 0 Å². The smallest absolute Gasteiger partial charge is 0.251 e. The second kappa shape index (κ2) is 9.85. The van der Waals surface area contributed by atoms with Crippen molar-refractivity contribution in [3.05, 3.63) is 95.4 Å². The quantitative estimate of drug-likeness (QED) is 0.474. The van der Waals surface area contributed by atoms with E-state index < -0.39 is 0 Å². The molecule has 0 unspecified atom stereocenters. The van der Waals surface area contributed by atoms with Crippen LogP contribution in [0.25, 0.3) is 0 Å². The third-order valence-electron chi connectivity index (χ3n) is 6.77. The summed E-state index contributed by atoms with van der Waals surface area (Å²) >= 11 is 0. The number of hydrogen-bond acceptors (Lipinski definition) is 4. The summed E-state index contributed by atoms with van der Waals surface area (Å²) < 4.78 is 5.55. The summed E-state index contributed by atoms with van der Waals surface area (Å²) in [5.74, 6) is 0.803. The standard InChI is InChI=1S/C28H31N3O3/c32-26(30-28(15-5-16-28)23-6-2-1-3-7-23)20-31(19-25-8-4-17-34-25)18-21-9-11-22(12-10-21)27(33)29-24-13-14-24/h1-4,6-12,17,24H,5,13-16,18-20H2,(H,29,33)(H,30,32). The van der Waals surface area contributed by atoms with Crippen molar-refractivity contribution in [2.45, 2.75) is 56.8 Å². The third-order valence-corrected chi connectivity index (χ3v) is 6.77. The van der Waals surface area contributed by atoms with Crippen molar-refractivity contribution >= 4 is 11.8 Å². The van der Waals surface area contributed by atoms with E-state index in [9.17, 15) is 9.59 Å². The van der Waals surface area contributed by atoms with Crippen molar-refractivity contribution < 1.29 is 14.0 Å². The molecule has 0 aliphatic heterocycles. The molecule has 2 aliphatic rings. The van der Waals surface area contributed by atoms with Gasteiger partial charge in [0.25, 0.3) is 5.91 Å². The van der Waals surface area contributed by atoms with Crippen LogP contribution in [0, 0.1) is 0 Å². The zero-order chi connectivity index (χ0) is 23.4. The molecule has 0 bridgehead atoms. The van der Waals surface area contributed by atoms with Gasteiger partial charge in [0.05, 0.1) is 24.9 Å². The van der Waals surface area contributed by atoms with Crippen molar-refractivity contribution in [2.24, 2.45) is 0 Å². The Morgan fingerprint density at radius 3 is 2.32 bits per heavy atom. The number of furan rings is 1. The number of rotatable bonds is 10. The Hall–Kier alpha value is -3.38. The highest BCUT2D eigenvalue weighted by Gasteiger charge is 2.40. The van der Waals surface area contributed by atoms with E-state index in [1.807, 2.05) is 54.6 Å². The Morgan fingerprint density at radius 2 is 1.71 bits per heavy atom. The molecule has 0 spiro atoms. The van der Waals surface area contributed by atoms with Crippen LogP contribution in [0.15, 0.2) is 77.4 Å². The Labute approximate surface area is 200 Å². The van der Waals surface area contributed by atoms with Crippen molar-refractivity contribution in [3.8, 4) is 0 Å². The van der Waals surface area contributed by atoms with Crippen LogP contribution in [-0.4, -0.2) is 29.3 Å². The first-order valence-electron chi connectivity index (χ1n) is 12.1. The molecule has 5 rings (SSSR count). The van der Waals surface area contributed by atoms with E-state index in [1.54, 1.807) is 6.26 Å². The number of carbonyl (C=O) groups is 2. The van der Waals surface area contributed by atoms with Crippen LogP contribution in [-0.2, 0) is 23.4 Å². The van der Waals surface area contributed by atoms with Crippen molar-refractivity contribution in [1.82, 2.24) is 15.5 Å². The summed E-state index contributed by atoms with van der Waals surface area (Å²) in [6.45, 7) is 1.37. The Bertz CT molecular complexity index is 1100. The number of carbonyl (C=O) groups excluding carboxylic acids is 2. The zero-order valence-electron chi connectivity index (χ0n) is 19.3. The van der Waals surface area contributed by atoms with Gasteiger partial charge in [-0.15, -0.1) is 0 Å². The SMILES string of the molecule is O=C(CN(Cc1ccc(C(=O)NC2CC2)cc1)Cc1ccco1)NC1(c2ccccc2)CCC1. The molecule has 0 saturated heterocycles. The van der Waals surface area contributed by atoms with Gasteiger partial charge in [-0.1, -0.05) is 42.5 Å². The molecular weight excluding hydrogens is 426 g/mol. The van der Waals surface area contributed by atoms with E-state index in [2.05, 4.69) is 27.7 Å². The van der Waals surface area contributed by atoms with E-state index in [4.69, 9.17) is 4.42 Å². The van der Waals surface area contributed by atoms with Crippen LogP contribution in [0.2, 0.25) is 0 Å². The monoisotopic (exact) mass is 457 g/mol. The Morgan fingerprint density at radius 1 is 0.941 bits per heavy atom. The summed E-state index contributed by atoms with van der Waals surface area (Å²) in [4.78, 5) is 27.5. The second-order valence-electron chi connectivity index (χ2n) is 9.52. The van der Waals surface area contributed by atoms with Gasteiger partial charge in [-0.3, -0.25) is 14.5 Å². The lowest BCUT2D eigenvalue weighted by molar-refractivity contribution is -0.125. The highest BCUT2D eigenvalue weighted by atomic mass is 16.3. The van der Waals surface area contributed by atoms with Crippen molar-refractivity contribution in [2.75, 3.05) is 6.54 Å². The minimum absolute atomic E-state index is 0.00976. The van der Waals surface area contributed by atoms with Gasteiger partial charge in [0.15, 0.2) is 0 Å². The summed E-state index contributed by atoms with van der Waals surface area (Å²) in [6, 6.07) is 22.0. The van der Waals surface area contributed by atoms with Gasteiger partial charge in [-0.2, -0.15) is 0 Å².